The minimum absolute atomic E-state index is 0.0757. The lowest BCUT2D eigenvalue weighted by Gasteiger charge is -1.96. The van der Waals surface area contributed by atoms with Gasteiger partial charge in [-0.2, -0.15) is 0 Å². The van der Waals surface area contributed by atoms with Crippen LogP contribution in [0.25, 0.3) is 22.6 Å². The quantitative estimate of drug-likeness (QED) is 0.649. The van der Waals surface area contributed by atoms with Crippen LogP contribution < -0.4 is 5.43 Å². The van der Waals surface area contributed by atoms with Gasteiger partial charge in [0.1, 0.15) is 17.7 Å². The highest BCUT2D eigenvalue weighted by molar-refractivity contribution is 5.74. The number of imidazole rings is 1. The molecule has 3 aromatic rings. The molecule has 0 fully saturated rings. The molecule has 0 aromatic carbocycles. The van der Waals surface area contributed by atoms with Gasteiger partial charge in [-0.1, -0.05) is 0 Å². The van der Waals surface area contributed by atoms with Crippen LogP contribution in [0.3, 0.4) is 0 Å². The highest BCUT2D eigenvalue weighted by atomic mass is 16.1. The zero-order valence-electron chi connectivity index (χ0n) is 9.06. The maximum Gasteiger partial charge on any atom is 0.192 e. The lowest BCUT2D eigenvalue weighted by atomic mass is 10.2. The number of pyridine rings is 1. The van der Waals surface area contributed by atoms with E-state index in [0.29, 0.717) is 22.6 Å². The number of nitrogens with one attached hydrogen (secondary N) is 2. The normalized spacial score (nSPS) is 10.9. The lowest BCUT2D eigenvalue weighted by Crippen LogP contribution is -2.05. The predicted octanol–water partition coefficient (Wildman–Crippen LogP) is 1.02. The second-order valence-corrected chi connectivity index (χ2v) is 3.74. The smallest absolute Gasteiger partial charge is 0.192 e. The fraction of sp³-hybridized carbons (Fsp3) is 0.0909. The summed E-state index contributed by atoms with van der Waals surface area (Å²) in [5, 5.41) is 0. The molecule has 0 amide bonds. The van der Waals surface area contributed by atoms with Crippen LogP contribution in [-0.2, 0) is 0 Å². The van der Waals surface area contributed by atoms with Crippen LogP contribution in [0.2, 0.25) is 0 Å². The molecule has 84 valence electrons. The molecule has 0 unspecified atom stereocenters. The van der Waals surface area contributed by atoms with Gasteiger partial charge in [-0.15, -0.1) is 0 Å². The third-order valence-electron chi connectivity index (χ3n) is 2.47. The number of fused-ring (bicyclic) bond motifs is 1. The van der Waals surface area contributed by atoms with E-state index < -0.39 is 0 Å². The van der Waals surface area contributed by atoms with Crippen molar-refractivity contribution in [2.24, 2.45) is 0 Å². The Morgan fingerprint density at radius 1 is 1.35 bits per heavy atom. The lowest BCUT2D eigenvalue weighted by molar-refractivity contribution is 1.17. The number of rotatable bonds is 1. The van der Waals surface area contributed by atoms with Gasteiger partial charge in [-0.05, 0) is 6.92 Å². The maximum atomic E-state index is 11.8. The summed E-state index contributed by atoms with van der Waals surface area (Å²) < 4.78 is 0. The van der Waals surface area contributed by atoms with Crippen LogP contribution >= 0.6 is 0 Å². The molecule has 0 atom stereocenters. The molecular weight excluding hydrogens is 218 g/mol. The minimum Gasteiger partial charge on any atom is -0.364 e. The molecule has 17 heavy (non-hydrogen) atoms. The molecule has 0 radical (unpaired) electrons. The molecule has 0 saturated carbocycles. The van der Waals surface area contributed by atoms with Crippen LogP contribution in [-0.4, -0.2) is 24.9 Å². The number of aryl methyl sites for hydroxylation is 1. The van der Waals surface area contributed by atoms with Crippen molar-refractivity contribution in [2.75, 3.05) is 0 Å². The van der Waals surface area contributed by atoms with Gasteiger partial charge in [-0.3, -0.25) is 4.79 Å². The van der Waals surface area contributed by atoms with E-state index in [9.17, 15) is 4.79 Å². The SMILES string of the molecule is Cc1cc(=O)c(-c2nc3ncncc3[nH]2)c[nH]1. The van der Waals surface area contributed by atoms with E-state index in [1.165, 1.54) is 12.4 Å². The Kier molecular flexibility index (Phi) is 2.01. The number of hydrogen-bond donors (Lipinski definition) is 2. The van der Waals surface area contributed by atoms with Gasteiger partial charge < -0.3 is 9.97 Å². The molecule has 0 aliphatic rings. The fourth-order valence-corrected chi connectivity index (χ4v) is 1.65. The molecule has 3 aromatic heterocycles. The van der Waals surface area contributed by atoms with Gasteiger partial charge >= 0.3 is 0 Å². The van der Waals surface area contributed by atoms with Crippen molar-refractivity contribution in [2.45, 2.75) is 6.92 Å². The first-order valence-corrected chi connectivity index (χ1v) is 5.09. The Bertz CT molecular complexity index is 710. The van der Waals surface area contributed by atoms with E-state index in [0.717, 1.165) is 5.69 Å². The molecule has 0 aliphatic heterocycles. The van der Waals surface area contributed by atoms with E-state index >= 15 is 0 Å². The van der Waals surface area contributed by atoms with Crippen LogP contribution in [0.5, 0.6) is 0 Å². The summed E-state index contributed by atoms with van der Waals surface area (Å²) in [4.78, 5) is 29.9. The first-order chi connectivity index (χ1) is 8.24. The molecule has 0 bridgehead atoms. The molecule has 3 heterocycles. The largest absolute Gasteiger partial charge is 0.364 e. The van der Waals surface area contributed by atoms with Crippen LogP contribution in [0.1, 0.15) is 5.69 Å². The molecule has 0 aliphatic carbocycles. The summed E-state index contributed by atoms with van der Waals surface area (Å²) in [5.41, 5.74) is 2.49. The fourth-order valence-electron chi connectivity index (χ4n) is 1.65. The van der Waals surface area contributed by atoms with E-state index in [4.69, 9.17) is 0 Å². The Morgan fingerprint density at radius 3 is 3.00 bits per heavy atom. The Balaban J connectivity index is 2.24. The van der Waals surface area contributed by atoms with E-state index in [-0.39, 0.29) is 5.43 Å². The summed E-state index contributed by atoms with van der Waals surface area (Å²) in [7, 11) is 0. The molecule has 0 spiro atoms. The number of hydrogen-bond acceptors (Lipinski definition) is 4. The minimum atomic E-state index is -0.0757. The predicted molar refractivity (Wildman–Crippen MR) is 62.5 cm³/mol. The molecule has 6 heteroatoms. The number of H-pyrrole nitrogens is 2. The van der Waals surface area contributed by atoms with Gasteiger partial charge in [0.05, 0.1) is 11.8 Å². The number of aromatic amines is 2. The molecule has 2 N–H and O–H groups in total. The van der Waals surface area contributed by atoms with E-state index in [2.05, 4.69) is 24.9 Å². The molecule has 0 saturated heterocycles. The highest BCUT2D eigenvalue weighted by Crippen LogP contribution is 2.14. The van der Waals surface area contributed by atoms with Crippen molar-refractivity contribution in [1.82, 2.24) is 24.9 Å². The average Bonchev–Trinajstić information content (AvgIpc) is 2.72. The summed E-state index contributed by atoms with van der Waals surface area (Å²) in [6.45, 7) is 1.83. The van der Waals surface area contributed by atoms with Gasteiger partial charge in [0.15, 0.2) is 11.1 Å². The van der Waals surface area contributed by atoms with Gasteiger partial charge in [-0.25, -0.2) is 15.0 Å². The van der Waals surface area contributed by atoms with Crippen LogP contribution in [0, 0.1) is 6.92 Å². The van der Waals surface area contributed by atoms with Gasteiger partial charge in [0, 0.05) is 18.0 Å². The summed E-state index contributed by atoms with van der Waals surface area (Å²) in [6, 6.07) is 1.54. The van der Waals surface area contributed by atoms with Crippen molar-refractivity contribution in [3.63, 3.8) is 0 Å². The average molecular weight is 227 g/mol. The van der Waals surface area contributed by atoms with Crippen molar-refractivity contribution < 1.29 is 0 Å². The highest BCUT2D eigenvalue weighted by Gasteiger charge is 2.09. The van der Waals surface area contributed by atoms with Crippen molar-refractivity contribution in [3.8, 4) is 11.4 Å². The van der Waals surface area contributed by atoms with Crippen molar-refractivity contribution >= 4 is 11.2 Å². The summed E-state index contributed by atoms with van der Waals surface area (Å²) in [6.07, 6.45) is 4.69. The van der Waals surface area contributed by atoms with Crippen molar-refractivity contribution in [3.05, 3.63) is 40.7 Å². The van der Waals surface area contributed by atoms with E-state index in [1.807, 2.05) is 6.92 Å². The molecule has 3 rings (SSSR count). The second kappa shape index (κ2) is 3.51. The first-order valence-electron chi connectivity index (χ1n) is 5.09. The number of nitrogens with zero attached hydrogens (tertiary/aromatic N) is 3. The molecule has 6 nitrogen and oxygen atoms in total. The maximum absolute atomic E-state index is 11.8. The zero-order chi connectivity index (χ0) is 11.8. The second-order valence-electron chi connectivity index (χ2n) is 3.74. The monoisotopic (exact) mass is 227 g/mol. The Hall–Kier alpha value is -2.50. The van der Waals surface area contributed by atoms with Crippen molar-refractivity contribution in [1.29, 1.82) is 0 Å². The number of aromatic nitrogens is 5. The Morgan fingerprint density at radius 2 is 2.24 bits per heavy atom. The summed E-state index contributed by atoms with van der Waals surface area (Å²) >= 11 is 0. The topological polar surface area (TPSA) is 87.3 Å². The Labute approximate surface area is 95.8 Å². The standard InChI is InChI=1S/C11H9N5O/c1-6-2-9(17)7(3-13-6)10-15-8-4-12-5-14-11(8)16-10/h2-5H,1H3,(H,13,17)(H,12,14,15,16). The zero-order valence-corrected chi connectivity index (χ0v) is 9.06. The van der Waals surface area contributed by atoms with Crippen LogP contribution in [0.4, 0.5) is 0 Å². The third kappa shape index (κ3) is 1.59. The van der Waals surface area contributed by atoms with Gasteiger partial charge in [0.25, 0.3) is 0 Å². The van der Waals surface area contributed by atoms with Crippen LogP contribution in [0.15, 0.2) is 29.6 Å². The van der Waals surface area contributed by atoms with E-state index in [1.54, 1.807) is 12.4 Å². The first kappa shape index (κ1) is 9.71. The molecular formula is C11H9N5O. The van der Waals surface area contributed by atoms with Gasteiger partial charge in [0.2, 0.25) is 0 Å². The third-order valence-corrected chi connectivity index (χ3v) is 2.47. The summed E-state index contributed by atoms with van der Waals surface area (Å²) in [5.74, 6) is 0.502.